The average molecular weight is 602 g/mol. The molecule has 4 aromatic rings. The molecule has 0 bridgehead atoms. The molecule has 4 aromatic carbocycles. The molecule has 6 rings (SSSR count). The van der Waals surface area contributed by atoms with E-state index in [9.17, 15) is 18.0 Å². The van der Waals surface area contributed by atoms with E-state index in [0.717, 1.165) is 30.0 Å². The fourth-order valence-corrected chi connectivity index (χ4v) is 5.89. The van der Waals surface area contributed by atoms with Gasteiger partial charge in [0.05, 0.1) is 24.4 Å². The number of rotatable bonds is 9. The van der Waals surface area contributed by atoms with Crippen molar-refractivity contribution in [1.29, 1.82) is 0 Å². The normalized spacial score (nSPS) is 18.4. The minimum atomic E-state index is -0.819. The Labute approximate surface area is 253 Å². The van der Waals surface area contributed by atoms with Gasteiger partial charge in [-0.1, -0.05) is 42.5 Å². The van der Waals surface area contributed by atoms with Crippen molar-refractivity contribution in [2.75, 3.05) is 18.5 Å². The zero-order valence-corrected chi connectivity index (χ0v) is 23.8. The monoisotopic (exact) mass is 601 g/mol. The van der Waals surface area contributed by atoms with Gasteiger partial charge < -0.3 is 15.4 Å². The van der Waals surface area contributed by atoms with E-state index in [1.165, 1.54) is 48.0 Å². The van der Waals surface area contributed by atoms with Gasteiger partial charge in [0.25, 0.3) is 0 Å². The molecular weight excluding hydrogens is 570 g/mol. The first kappa shape index (κ1) is 29.7. The highest BCUT2D eigenvalue weighted by atomic mass is 19.1. The van der Waals surface area contributed by atoms with Crippen LogP contribution in [0.1, 0.15) is 41.0 Å². The number of ether oxygens (including phenoxy) is 1. The largest absolute Gasteiger partial charge is 0.375 e. The van der Waals surface area contributed by atoms with E-state index in [1.807, 2.05) is 18.2 Å². The minimum absolute atomic E-state index is 0.0157. The second kappa shape index (κ2) is 13.1. The number of carbonyl (C=O) groups excluding carboxylic acids is 1. The van der Waals surface area contributed by atoms with Crippen LogP contribution in [0.4, 0.5) is 28.9 Å². The van der Waals surface area contributed by atoms with Crippen molar-refractivity contribution in [3.63, 3.8) is 0 Å². The second-order valence-electron chi connectivity index (χ2n) is 11.2. The first-order chi connectivity index (χ1) is 21.3. The van der Waals surface area contributed by atoms with E-state index < -0.39 is 35.1 Å². The highest BCUT2D eigenvalue weighted by Gasteiger charge is 2.28. The summed E-state index contributed by atoms with van der Waals surface area (Å²) >= 11 is 0. The topological polar surface area (TPSA) is 62.7 Å². The lowest BCUT2D eigenvalue weighted by Crippen LogP contribution is -2.50. The molecule has 2 N–H and O–H groups in total. The smallest absolute Gasteiger partial charge is 0.225 e. The number of hydrogen-bond acceptors (Lipinski definition) is 4. The lowest BCUT2D eigenvalue weighted by Gasteiger charge is -2.30. The fourth-order valence-electron chi connectivity index (χ4n) is 5.89. The third kappa shape index (κ3) is 6.74. The molecule has 1 amide bonds. The number of anilines is 1. The van der Waals surface area contributed by atoms with Gasteiger partial charge in [0.2, 0.25) is 5.91 Å². The molecule has 0 radical (unpaired) electrons. The Morgan fingerprint density at radius 3 is 2.48 bits per heavy atom. The summed E-state index contributed by atoms with van der Waals surface area (Å²) in [5.41, 5.74) is 4.48. The molecule has 2 aliphatic heterocycles. The molecule has 1 saturated heterocycles. The van der Waals surface area contributed by atoms with Crippen LogP contribution < -0.4 is 10.6 Å². The summed E-state index contributed by atoms with van der Waals surface area (Å²) < 4.78 is 63.2. The highest BCUT2D eigenvalue weighted by molar-refractivity contribution is 5.98. The van der Waals surface area contributed by atoms with Crippen molar-refractivity contribution in [3.8, 4) is 0 Å². The van der Waals surface area contributed by atoms with Crippen molar-refractivity contribution in [2.45, 2.75) is 43.7 Å². The fraction of sp³-hybridized carbons (Fsp3) is 0.257. The lowest BCUT2D eigenvalue weighted by atomic mass is 9.87. The molecule has 226 valence electrons. The van der Waals surface area contributed by atoms with Crippen LogP contribution in [0.3, 0.4) is 0 Å². The summed E-state index contributed by atoms with van der Waals surface area (Å²) in [6, 6.07) is 21.0. The van der Waals surface area contributed by atoms with Gasteiger partial charge >= 0.3 is 0 Å². The van der Waals surface area contributed by atoms with Gasteiger partial charge in [-0.3, -0.25) is 9.79 Å². The van der Waals surface area contributed by atoms with Gasteiger partial charge in [-0.25, -0.2) is 17.6 Å². The molecule has 44 heavy (non-hydrogen) atoms. The molecule has 2 aliphatic rings. The predicted octanol–water partition coefficient (Wildman–Crippen LogP) is 7.02. The Morgan fingerprint density at radius 2 is 1.73 bits per heavy atom. The van der Waals surface area contributed by atoms with Crippen LogP contribution in [0.2, 0.25) is 0 Å². The third-order valence-electron chi connectivity index (χ3n) is 8.23. The number of morpholine rings is 1. The average Bonchev–Trinajstić information content (AvgIpc) is 3.45. The van der Waals surface area contributed by atoms with Gasteiger partial charge in [-0.05, 0) is 65.9 Å². The Hall–Kier alpha value is -4.34. The van der Waals surface area contributed by atoms with E-state index in [1.54, 1.807) is 6.07 Å². The van der Waals surface area contributed by atoms with Gasteiger partial charge in [-0.15, -0.1) is 0 Å². The van der Waals surface area contributed by atoms with Crippen molar-refractivity contribution in [1.82, 2.24) is 5.32 Å². The maximum atomic E-state index is 15.0. The summed E-state index contributed by atoms with van der Waals surface area (Å²) in [4.78, 5) is 18.0. The van der Waals surface area contributed by atoms with Gasteiger partial charge in [0.15, 0.2) is 0 Å². The summed E-state index contributed by atoms with van der Waals surface area (Å²) in [6.07, 6.45) is 1.25. The number of aliphatic imine (C=N–C) groups is 1. The summed E-state index contributed by atoms with van der Waals surface area (Å²) in [5.74, 6) is -3.81. The number of hydrogen-bond donors (Lipinski definition) is 2. The molecule has 9 heteroatoms. The molecule has 1 fully saturated rings. The molecule has 5 nitrogen and oxygen atoms in total. The molecular formula is C35H31F4N3O2. The van der Waals surface area contributed by atoms with Crippen LogP contribution in [-0.4, -0.2) is 36.9 Å². The van der Waals surface area contributed by atoms with E-state index in [-0.39, 0.29) is 24.1 Å². The number of fused-ring (bicyclic) bond motifs is 1. The maximum absolute atomic E-state index is 15.0. The molecule has 3 atom stereocenters. The SMILES string of the molecule is O=C(C[C@@H](c1ccc(F)cc1)c1ccc(F)cc1F)Nc1cccc(F)c1CC[C@@H]1CN[C@H](C2=Nc3ccccc3C2)CO1. The minimum Gasteiger partial charge on any atom is -0.375 e. The Kier molecular flexibility index (Phi) is 8.86. The van der Waals surface area contributed by atoms with Crippen LogP contribution in [0.25, 0.3) is 0 Å². The maximum Gasteiger partial charge on any atom is 0.225 e. The molecule has 0 aliphatic carbocycles. The number of halogens is 4. The zero-order valence-electron chi connectivity index (χ0n) is 23.8. The van der Waals surface area contributed by atoms with Gasteiger partial charge in [0, 0.05) is 48.3 Å². The van der Waals surface area contributed by atoms with Crippen LogP contribution in [-0.2, 0) is 22.4 Å². The van der Waals surface area contributed by atoms with E-state index in [4.69, 9.17) is 9.73 Å². The lowest BCUT2D eigenvalue weighted by molar-refractivity contribution is -0.116. The second-order valence-corrected chi connectivity index (χ2v) is 11.2. The first-order valence-electron chi connectivity index (χ1n) is 14.6. The Morgan fingerprint density at radius 1 is 0.932 bits per heavy atom. The standard InChI is InChI=1S/C35H31F4N3O2/c36-23-10-8-21(9-11-23)28(26-14-12-24(37)17-30(26)39)18-35(43)42-32-7-3-5-29(38)27(32)15-13-25-19-40-34(20-44-25)33-16-22-4-1-2-6-31(22)41-33/h1-12,14,17,25,28,34,40H,13,15-16,18-20H2,(H,42,43)/t25-,28+,34+/m1/s1. The predicted molar refractivity (Wildman–Crippen MR) is 161 cm³/mol. The molecule has 2 heterocycles. The summed E-state index contributed by atoms with van der Waals surface area (Å²) in [5, 5.41) is 6.29. The van der Waals surface area contributed by atoms with Gasteiger partial charge in [-0.2, -0.15) is 0 Å². The van der Waals surface area contributed by atoms with Crippen LogP contribution in [0.5, 0.6) is 0 Å². The number of amides is 1. The Balaban J connectivity index is 1.10. The van der Waals surface area contributed by atoms with E-state index in [0.29, 0.717) is 42.8 Å². The summed E-state index contributed by atoms with van der Waals surface area (Å²) in [7, 11) is 0. The van der Waals surface area contributed by atoms with E-state index >= 15 is 4.39 Å². The number of carbonyl (C=O) groups is 1. The molecule has 0 spiro atoms. The Bertz CT molecular complexity index is 1680. The van der Waals surface area contributed by atoms with Crippen molar-refractivity contribution in [3.05, 3.63) is 130 Å². The van der Waals surface area contributed by atoms with Crippen molar-refractivity contribution >= 4 is 23.0 Å². The van der Waals surface area contributed by atoms with Crippen LogP contribution >= 0.6 is 0 Å². The third-order valence-corrected chi connectivity index (χ3v) is 8.23. The number of nitrogens with one attached hydrogen (secondary N) is 2. The van der Waals surface area contributed by atoms with Crippen LogP contribution in [0.15, 0.2) is 89.9 Å². The number of benzene rings is 4. The molecule has 0 aromatic heterocycles. The number of nitrogens with zero attached hydrogens (tertiary/aromatic N) is 1. The van der Waals surface area contributed by atoms with Gasteiger partial charge in [0.1, 0.15) is 23.3 Å². The molecule has 0 unspecified atom stereocenters. The summed E-state index contributed by atoms with van der Waals surface area (Å²) in [6.45, 7) is 1.04. The molecule has 0 saturated carbocycles. The van der Waals surface area contributed by atoms with E-state index in [2.05, 4.69) is 16.7 Å². The first-order valence-corrected chi connectivity index (χ1v) is 14.6. The van der Waals surface area contributed by atoms with Crippen molar-refractivity contribution in [2.24, 2.45) is 4.99 Å². The zero-order chi connectivity index (χ0) is 30.6. The number of para-hydroxylation sites is 1. The van der Waals surface area contributed by atoms with Crippen LogP contribution in [0, 0.1) is 23.3 Å². The van der Waals surface area contributed by atoms with Crippen molar-refractivity contribution < 1.29 is 27.1 Å². The quantitative estimate of drug-likeness (QED) is 0.203. The highest BCUT2D eigenvalue weighted by Crippen LogP contribution is 2.32.